The van der Waals surface area contributed by atoms with Crippen LogP contribution >= 0.6 is 12.4 Å². The van der Waals surface area contributed by atoms with Gasteiger partial charge < -0.3 is 0 Å². The zero-order valence-corrected chi connectivity index (χ0v) is 18.6. The number of nitrogens with zero attached hydrogens (tertiary/aromatic N) is 4. The van der Waals surface area contributed by atoms with Gasteiger partial charge in [-0.05, 0) is 30.7 Å². The van der Waals surface area contributed by atoms with Crippen LogP contribution in [0, 0.1) is 6.92 Å². The van der Waals surface area contributed by atoms with E-state index >= 15 is 0 Å². The van der Waals surface area contributed by atoms with Gasteiger partial charge in [0.25, 0.3) is 15.6 Å². The lowest BCUT2D eigenvalue weighted by atomic mass is 10.1. The number of sulfonamides is 1. The van der Waals surface area contributed by atoms with Crippen molar-refractivity contribution in [3.8, 4) is 5.82 Å². The molecular formula is C19H25ClN6O3S. The van der Waals surface area contributed by atoms with Gasteiger partial charge in [0.15, 0.2) is 5.82 Å². The first-order valence-corrected chi connectivity index (χ1v) is 10.8. The molecule has 0 saturated carbocycles. The second-order valence-electron chi connectivity index (χ2n) is 6.51. The molecular weight excluding hydrogens is 428 g/mol. The molecule has 0 aliphatic rings. The minimum absolute atomic E-state index is 0. The molecule has 0 aliphatic heterocycles. The van der Waals surface area contributed by atoms with Gasteiger partial charge in [-0.25, -0.2) is 23.1 Å². The molecule has 0 amide bonds. The van der Waals surface area contributed by atoms with Gasteiger partial charge in [0.2, 0.25) is 0 Å². The van der Waals surface area contributed by atoms with E-state index in [9.17, 15) is 13.2 Å². The van der Waals surface area contributed by atoms with Gasteiger partial charge in [0.05, 0.1) is 0 Å². The standard InChI is InChI=1S/C19H24N6O3S.ClH/c1-4-24(5-2)23-29(27,28)16-8-9-18(21-13-16)25-19(26)17(14(3)22-25)11-15-7-6-10-20-12-15;/h6-10,12-13,22-23H,4-5,11H2,1-3H3;1H. The smallest absolute Gasteiger partial charge is 0.276 e. The number of aromatic nitrogens is 4. The van der Waals surface area contributed by atoms with Crippen LogP contribution in [-0.2, 0) is 16.4 Å². The number of hydrogen-bond acceptors (Lipinski definition) is 6. The molecule has 3 aromatic rings. The van der Waals surface area contributed by atoms with E-state index in [1.807, 2.05) is 32.9 Å². The number of nitrogens with one attached hydrogen (secondary N) is 2. The summed E-state index contributed by atoms with van der Waals surface area (Å²) in [7, 11) is -3.73. The molecule has 3 heterocycles. The van der Waals surface area contributed by atoms with Crippen LogP contribution in [-0.4, -0.2) is 46.3 Å². The van der Waals surface area contributed by atoms with Crippen molar-refractivity contribution >= 4 is 22.4 Å². The lowest BCUT2D eigenvalue weighted by Crippen LogP contribution is -2.41. The first-order chi connectivity index (χ1) is 13.9. The SMILES string of the molecule is CCN(CC)NS(=O)(=O)c1ccc(-n2[nH]c(C)c(Cc3cccnc3)c2=O)nc1.Cl. The third-order valence-corrected chi connectivity index (χ3v) is 5.93. The number of aryl methyl sites for hydroxylation is 1. The fourth-order valence-corrected chi connectivity index (χ4v) is 4.04. The summed E-state index contributed by atoms with van der Waals surface area (Å²) in [5.74, 6) is 0.317. The Balaban J connectivity index is 0.00000320. The molecule has 11 heteroatoms. The Labute approximate surface area is 181 Å². The van der Waals surface area contributed by atoms with Crippen LogP contribution in [0.4, 0.5) is 0 Å². The number of pyridine rings is 2. The Morgan fingerprint density at radius 2 is 1.90 bits per heavy atom. The summed E-state index contributed by atoms with van der Waals surface area (Å²) in [4.78, 5) is 23.6. The molecule has 9 nitrogen and oxygen atoms in total. The number of rotatable bonds is 8. The van der Waals surface area contributed by atoms with Crippen LogP contribution in [0.1, 0.15) is 30.7 Å². The molecule has 3 aromatic heterocycles. The van der Waals surface area contributed by atoms with Gasteiger partial charge in [-0.3, -0.25) is 14.9 Å². The van der Waals surface area contributed by atoms with Gasteiger partial charge in [-0.15, -0.1) is 17.2 Å². The second-order valence-corrected chi connectivity index (χ2v) is 8.17. The molecule has 3 rings (SSSR count). The molecule has 0 spiro atoms. The van der Waals surface area contributed by atoms with Crippen LogP contribution in [0.5, 0.6) is 0 Å². The quantitative estimate of drug-likeness (QED) is 0.504. The van der Waals surface area contributed by atoms with Gasteiger partial charge in [0.1, 0.15) is 4.90 Å². The van der Waals surface area contributed by atoms with Gasteiger partial charge in [0, 0.05) is 49.4 Å². The molecule has 162 valence electrons. The molecule has 0 unspecified atom stereocenters. The second kappa shape index (κ2) is 9.98. The number of halogens is 1. The lowest BCUT2D eigenvalue weighted by Gasteiger charge is -2.19. The predicted molar refractivity (Wildman–Crippen MR) is 116 cm³/mol. The fourth-order valence-electron chi connectivity index (χ4n) is 2.90. The Bertz CT molecular complexity index is 1120. The molecule has 0 aliphatic carbocycles. The maximum Gasteiger partial charge on any atom is 0.276 e. The van der Waals surface area contributed by atoms with Gasteiger partial charge in [-0.1, -0.05) is 19.9 Å². The zero-order valence-electron chi connectivity index (χ0n) is 17.0. The molecule has 0 saturated heterocycles. The van der Waals surface area contributed by atoms with Crippen molar-refractivity contribution in [3.63, 3.8) is 0 Å². The third kappa shape index (κ3) is 5.14. The summed E-state index contributed by atoms with van der Waals surface area (Å²) in [6.45, 7) is 6.61. The van der Waals surface area contributed by atoms with E-state index in [0.29, 0.717) is 30.9 Å². The minimum atomic E-state index is -3.73. The summed E-state index contributed by atoms with van der Waals surface area (Å²) in [6.07, 6.45) is 5.09. The monoisotopic (exact) mass is 452 g/mol. The third-order valence-electron chi connectivity index (χ3n) is 4.57. The summed E-state index contributed by atoms with van der Waals surface area (Å²) in [5.41, 5.74) is 2.03. The predicted octanol–water partition coefficient (Wildman–Crippen LogP) is 1.81. The van der Waals surface area contributed by atoms with Crippen LogP contribution in [0.3, 0.4) is 0 Å². The van der Waals surface area contributed by atoms with Gasteiger partial charge in [-0.2, -0.15) is 0 Å². The normalized spacial score (nSPS) is 11.5. The summed E-state index contributed by atoms with van der Waals surface area (Å²) >= 11 is 0. The minimum Gasteiger partial charge on any atom is -0.294 e. The molecule has 0 fully saturated rings. The highest BCUT2D eigenvalue weighted by Crippen LogP contribution is 2.13. The average Bonchev–Trinajstić information content (AvgIpc) is 3.01. The Hall–Kier alpha value is -2.53. The zero-order chi connectivity index (χ0) is 21.0. The largest absolute Gasteiger partial charge is 0.294 e. The lowest BCUT2D eigenvalue weighted by molar-refractivity contribution is 0.268. The number of hydrogen-bond donors (Lipinski definition) is 2. The molecule has 0 atom stereocenters. The summed E-state index contributed by atoms with van der Waals surface area (Å²) in [5, 5.41) is 4.58. The van der Waals surface area contributed by atoms with E-state index in [0.717, 1.165) is 11.3 Å². The molecule has 0 bridgehead atoms. The van der Waals surface area contributed by atoms with Crippen LogP contribution in [0.15, 0.2) is 52.5 Å². The number of aromatic amines is 1. The summed E-state index contributed by atoms with van der Waals surface area (Å²) in [6, 6.07) is 6.66. The fraction of sp³-hybridized carbons (Fsp3) is 0.316. The molecule has 0 aromatic carbocycles. The van der Waals surface area contributed by atoms with Crippen molar-refractivity contribution in [1.82, 2.24) is 29.6 Å². The van der Waals surface area contributed by atoms with E-state index in [1.54, 1.807) is 17.4 Å². The number of hydrazine groups is 1. The highest BCUT2D eigenvalue weighted by atomic mass is 35.5. The molecule has 2 N–H and O–H groups in total. The van der Waals surface area contributed by atoms with E-state index in [2.05, 4.69) is 19.9 Å². The highest BCUT2D eigenvalue weighted by Gasteiger charge is 2.19. The number of H-pyrrole nitrogens is 1. The first kappa shape index (κ1) is 23.7. The van der Waals surface area contributed by atoms with Crippen molar-refractivity contribution in [2.45, 2.75) is 32.1 Å². The van der Waals surface area contributed by atoms with Gasteiger partial charge >= 0.3 is 0 Å². The van der Waals surface area contributed by atoms with Crippen molar-refractivity contribution in [3.05, 3.63) is 70.0 Å². The summed E-state index contributed by atoms with van der Waals surface area (Å²) < 4.78 is 26.2. The molecule has 30 heavy (non-hydrogen) atoms. The van der Waals surface area contributed by atoms with Crippen molar-refractivity contribution < 1.29 is 8.42 Å². The Morgan fingerprint density at radius 1 is 1.17 bits per heavy atom. The van der Waals surface area contributed by atoms with E-state index < -0.39 is 10.0 Å². The molecule has 0 radical (unpaired) electrons. The van der Waals surface area contributed by atoms with Crippen molar-refractivity contribution in [2.75, 3.05) is 13.1 Å². The maximum atomic E-state index is 12.8. The Morgan fingerprint density at radius 3 is 2.47 bits per heavy atom. The van der Waals surface area contributed by atoms with Crippen molar-refractivity contribution in [2.24, 2.45) is 0 Å². The maximum absolute atomic E-state index is 12.8. The Kier molecular flexibility index (Phi) is 7.90. The van der Waals surface area contributed by atoms with Crippen molar-refractivity contribution in [1.29, 1.82) is 0 Å². The average molecular weight is 453 g/mol. The van der Waals surface area contributed by atoms with Crippen LogP contribution in [0.25, 0.3) is 5.82 Å². The highest BCUT2D eigenvalue weighted by molar-refractivity contribution is 7.89. The van der Waals surface area contributed by atoms with E-state index in [1.165, 1.54) is 23.0 Å². The van der Waals surface area contributed by atoms with E-state index in [4.69, 9.17) is 0 Å². The van der Waals surface area contributed by atoms with Crippen LogP contribution in [0.2, 0.25) is 0 Å². The first-order valence-electron chi connectivity index (χ1n) is 9.29. The van der Waals surface area contributed by atoms with E-state index in [-0.39, 0.29) is 22.9 Å². The van der Waals surface area contributed by atoms with Crippen LogP contribution < -0.4 is 10.4 Å². The topological polar surface area (TPSA) is 113 Å².